The van der Waals surface area contributed by atoms with Crippen LogP contribution in [0, 0.1) is 0 Å². The average Bonchev–Trinajstić information content (AvgIpc) is 2.25. The van der Waals surface area contributed by atoms with Gasteiger partial charge < -0.3 is 5.32 Å². The molecule has 1 amide bonds. The molecule has 2 nitrogen and oxygen atoms in total. The maximum atomic E-state index is 10.8. The van der Waals surface area contributed by atoms with Gasteiger partial charge in [-0.2, -0.15) is 0 Å². The summed E-state index contributed by atoms with van der Waals surface area (Å²) in [5.41, 5.74) is 0. The third-order valence-corrected chi connectivity index (χ3v) is 2.61. The van der Waals surface area contributed by atoms with Crippen molar-refractivity contribution < 1.29 is 4.79 Å². The Hall–Kier alpha value is -1.22. The number of amides is 1. The summed E-state index contributed by atoms with van der Waals surface area (Å²) in [7, 11) is 0. The molecule has 0 aliphatic heterocycles. The fraction of sp³-hybridized carbons (Fsp3) is 0.182. The van der Waals surface area contributed by atoms with E-state index < -0.39 is 0 Å². The molecule has 0 radical (unpaired) electrons. The average molecular weight is 207 g/mol. The van der Waals surface area contributed by atoms with Crippen molar-refractivity contribution in [3.05, 3.63) is 43.0 Å². The largest absolute Gasteiger partial charge is 0.352 e. The van der Waals surface area contributed by atoms with E-state index in [4.69, 9.17) is 0 Å². The number of thioether (sulfide) groups is 1. The molecule has 0 atom stereocenters. The molecule has 0 saturated heterocycles. The van der Waals surface area contributed by atoms with Crippen LogP contribution in [0.1, 0.15) is 0 Å². The highest BCUT2D eigenvalue weighted by Crippen LogP contribution is 2.15. The maximum absolute atomic E-state index is 10.8. The first-order valence-electron chi connectivity index (χ1n) is 4.41. The molecule has 1 rings (SSSR count). The zero-order valence-electron chi connectivity index (χ0n) is 7.90. The molecule has 0 fully saturated rings. The molecule has 0 unspecified atom stereocenters. The Morgan fingerprint density at radius 1 is 1.43 bits per heavy atom. The zero-order chi connectivity index (χ0) is 10.2. The SMILES string of the molecule is C=CC(=O)NCCSc1ccccc1. The highest BCUT2D eigenvalue weighted by atomic mass is 32.2. The monoisotopic (exact) mass is 207 g/mol. The van der Waals surface area contributed by atoms with Gasteiger partial charge in [-0.1, -0.05) is 24.8 Å². The molecule has 1 aromatic rings. The summed E-state index contributed by atoms with van der Waals surface area (Å²) < 4.78 is 0. The van der Waals surface area contributed by atoms with Gasteiger partial charge in [-0.3, -0.25) is 4.79 Å². The number of carbonyl (C=O) groups is 1. The van der Waals surface area contributed by atoms with Crippen molar-refractivity contribution in [2.45, 2.75) is 4.90 Å². The first-order valence-corrected chi connectivity index (χ1v) is 5.39. The van der Waals surface area contributed by atoms with Crippen molar-refractivity contribution in [3.63, 3.8) is 0 Å². The molecule has 0 aliphatic carbocycles. The van der Waals surface area contributed by atoms with Crippen LogP contribution < -0.4 is 5.32 Å². The van der Waals surface area contributed by atoms with Gasteiger partial charge in [-0.05, 0) is 18.2 Å². The van der Waals surface area contributed by atoms with Gasteiger partial charge in [-0.25, -0.2) is 0 Å². The number of rotatable bonds is 5. The predicted octanol–water partition coefficient (Wildman–Crippen LogP) is 2.08. The molecular formula is C11H13NOS. The van der Waals surface area contributed by atoms with E-state index >= 15 is 0 Å². The van der Waals surface area contributed by atoms with Crippen LogP contribution in [0.4, 0.5) is 0 Å². The third kappa shape index (κ3) is 4.14. The Bertz CT molecular complexity index is 297. The minimum atomic E-state index is -0.112. The van der Waals surface area contributed by atoms with E-state index in [0.29, 0.717) is 6.54 Å². The van der Waals surface area contributed by atoms with Crippen molar-refractivity contribution in [2.75, 3.05) is 12.3 Å². The quantitative estimate of drug-likeness (QED) is 0.455. The smallest absolute Gasteiger partial charge is 0.243 e. The van der Waals surface area contributed by atoms with Crippen molar-refractivity contribution >= 4 is 17.7 Å². The molecule has 0 spiro atoms. The molecule has 0 aliphatic rings. The molecule has 0 aromatic heterocycles. The van der Waals surface area contributed by atoms with E-state index in [1.165, 1.54) is 11.0 Å². The van der Waals surface area contributed by atoms with Gasteiger partial charge in [0.05, 0.1) is 0 Å². The Morgan fingerprint density at radius 3 is 2.79 bits per heavy atom. The van der Waals surface area contributed by atoms with Gasteiger partial charge in [-0.15, -0.1) is 11.8 Å². The molecule has 3 heteroatoms. The van der Waals surface area contributed by atoms with Gasteiger partial charge in [0.2, 0.25) is 5.91 Å². The number of carbonyl (C=O) groups excluding carboxylic acids is 1. The number of nitrogens with one attached hydrogen (secondary N) is 1. The van der Waals surface area contributed by atoms with Crippen LogP contribution >= 0.6 is 11.8 Å². The lowest BCUT2D eigenvalue weighted by atomic mass is 10.4. The molecule has 0 heterocycles. The summed E-state index contributed by atoms with van der Waals surface area (Å²) in [5.74, 6) is 0.766. The van der Waals surface area contributed by atoms with Crippen LogP contribution in [0.2, 0.25) is 0 Å². The van der Waals surface area contributed by atoms with Gasteiger partial charge in [0, 0.05) is 17.2 Å². The molecule has 0 saturated carbocycles. The fourth-order valence-corrected chi connectivity index (χ4v) is 1.72. The van der Waals surface area contributed by atoms with E-state index in [1.54, 1.807) is 11.8 Å². The van der Waals surface area contributed by atoms with Gasteiger partial charge in [0.1, 0.15) is 0 Å². The van der Waals surface area contributed by atoms with Gasteiger partial charge in [0.15, 0.2) is 0 Å². The summed E-state index contributed by atoms with van der Waals surface area (Å²) in [6.07, 6.45) is 1.28. The van der Waals surface area contributed by atoms with Crippen LogP contribution in [-0.4, -0.2) is 18.2 Å². The Kier molecular flexibility index (Phi) is 4.86. The molecule has 1 aromatic carbocycles. The van der Waals surface area contributed by atoms with Crippen molar-refractivity contribution in [1.82, 2.24) is 5.32 Å². The van der Waals surface area contributed by atoms with Gasteiger partial charge >= 0.3 is 0 Å². The summed E-state index contributed by atoms with van der Waals surface area (Å²) >= 11 is 1.72. The van der Waals surface area contributed by atoms with Crippen molar-refractivity contribution in [3.8, 4) is 0 Å². The molecule has 14 heavy (non-hydrogen) atoms. The van der Waals surface area contributed by atoms with Crippen LogP contribution in [-0.2, 0) is 4.79 Å². The normalized spacial score (nSPS) is 9.43. The first kappa shape index (κ1) is 10.9. The van der Waals surface area contributed by atoms with Crippen LogP contribution in [0.15, 0.2) is 47.9 Å². The maximum Gasteiger partial charge on any atom is 0.243 e. The summed E-state index contributed by atoms with van der Waals surface area (Å²) in [6.45, 7) is 4.05. The van der Waals surface area contributed by atoms with Crippen molar-refractivity contribution in [2.24, 2.45) is 0 Å². The molecule has 1 N–H and O–H groups in total. The summed E-state index contributed by atoms with van der Waals surface area (Å²) in [4.78, 5) is 12.0. The predicted molar refractivity (Wildman–Crippen MR) is 60.4 cm³/mol. The van der Waals surface area contributed by atoms with E-state index in [-0.39, 0.29) is 5.91 Å². The van der Waals surface area contributed by atoms with E-state index in [1.807, 2.05) is 18.2 Å². The lowest BCUT2D eigenvalue weighted by Crippen LogP contribution is -2.23. The second-order valence-electron chi connectivity index (χ2n) is 2.66. The molecule has 74 valence electrons. The minimum Gasteiger partial charge on any atom is -0.352 e. The Morgan fingerprint density at radius 2 is 2.14 bits per heavy atom. The first-order chi connectivity index (χ1) is 6.83. The second-order valence-corrected chi connectivity index (χ2v) is 3.82. The van der Waals surface area contributed by atoms with Crippen LogP contribution in [0.5, 0.6) is 0 Å². The van der Waals surface area contributed by atoms with Crippen LogP contribution in [0.3, 0.4) is 0 Å². The fourth-order valence-electron chi connectivity index (χ4n) is 0.932. The highest BCUT2D eigenvalue weighted by Gasteiger charge is 1.94. The Labute approximate surface area is 88.4 Å². The summed E-state index contributed by atoms with van der Waals surface area (Å²) in [6, 6.07) is 10.1. The second kappa shape index (κ2) is 6.27. The highest BCUT2D eigenvalue weighted by molar-refractivity contribution is 7.99. The number of hydrogen-bond donors (Lipinski definition) is 1. The zero-order valence-corrected chi connectivity index (χ0v) is 8.72. The lowest BCUT2D eigenvalue weighted by molar-refractivity contribution is -0.116. The van der Waals surface area contributed by atoms with Crippen molar-refractivity contribution in [1.29, 1.82) is 0 Å². The number of benzene rings is 1. The molecule has 0 bridgehead atoms. The van der Waals surface area contributed by atoms with Crippen LogP contribution in [0.25, 0.3) is 0 Å². The van der Waals surface area contributed by atoms with Gasteiger partial charge in [0.25, 0.3) is 0 Å². The molecular weight excluding hydrogens is 194 g/mol. The third-order valence-electron chi connectivity index (χ3n) is 1.60. The van der Waals surface area contributed by atoms with E-state index in [0.717, 1.165) is 5.75 Å². The Balaban J connectivity index is 2.16. The summed E-state index contributed by atoms with van der Waals surface area (Å²) in [5, 5.41) is 2.72. The number of hydrogen-bond acceptors (Lipinski definition) is 2. The van der Waals surface area contributed by atoms with E-state index in [9.17, 15) is 4.79 Å². The lowest BCUT2D eigenvalue weighted by Gasteiger charge is -2.01. The topological polar surface area (TPSA) is 29.1 Å². The van der Waals surface area contributed by atoms with E-state index in [2.05, 4.69) is 24.0 Å². The minimum absolute atomic E-state index is 0.112. The standard InChI is InChI=1S/C11H13NOS/c1-2-11(13)12-8-9-14-10-6-4-3-5-7-10/h2-7H,1,8-9H2,(H,12,13).